The van der Waals surface area contributed by atoms with Crippen molar-refractivity contribution < 1.29 is 9.52 Å². The molecule has 0 fully saturated rings. The zero-order valence-electron chi connectivity index (χ0n) is 7.50. The van der Waals surface area contributed by atoms with Crippen LogP contribution in [0.25, 0.3) is 0 Å². The molecule has 0 bridgehead atoms. The van der Waals surface area contributed by atoms with Crippen molar-refractivity contribution in [2.45, 2.75) is 32.5 Å². The average molecular weight is 169 g/mol. The van der Waals surface area contributed by atoms with Crippen LogP contribution in [-0.2, 0) is 6.54 Å². The van der Waals surface area contributed by atoms with Gasteiger partial charge in [-0.05, 0) is 25.5 Å². The quantitative estimate of drug-likeness (QED) is 0.671. The first kappa shape index (κ1) is 9.29. The highest BCUT2D eigenvalue weighted by Gasteiger charge is 2.15. The minimum atomic E-state index is -0.799. The highest BCUT2D eigenvalue weighted by molar-refractivity contribution is 4.97. The molecule has 0 amide bonds. The van der Waals surface area contributed by atoms with E-state index in [1.165, 1.54) is 0 Å². The average Bonchev–Trinajstić information content (AvgIpc) is 2.53. The van der Waals surface area contributed by atoms with Crippen molar-refractivity contribution in [3.8, 4) is 0 Å². The third-order valence-electron chi connectivity index (χ3n) is 1.91. The molecule has 1 atom stereocenters. The molecule has 2 N–H and O–H groups in total. The summed E-state index contributed by atoms with van der Waals surface area (Å²) in [5.41, 5.74) is -0.799. The molecule has 1 aromatic heterocycles. The standard InChI is InChI=1S/C9H15NO2/c1-3-9(2,11)10-7-8-5-4-6-12-8/h4-6,10-11H,3,7H2,1-2H3. The Balaban J connectivity index is 2.36. The van der Waals surface area contributed by atoms with Crippen LogP contribution in [0.2, 0.25) is 0 Å². The molecule has 0 aliphatic rings. The number of aliphatic hydroxyl groups is 1. The third-order valence-corrected chi connectivity index (χ3v) is 1.91. The van der Waals surface area contributed by atoms with E-state index in [0.29, 0.717) is 13.0 Å². The normalized spacial score (nSPS) is 15.9. The molecule has 0 aliphatic heterocycles. The topological polar surface area (TPSA) is 45.4 Å². The largest absolute Gasteiger partial charge is 0.468 e. The molecular weight excluding hydrogens is 154 g/mol. The summed E-state index contributed by atoms with van der Waals surface area (Å²) in [5.74, 6) is 0.837. The minimum absolute atomic E-state index is 0.563. The maximum atomic E-state index is 9.57. The first-order valence-electron chi connectivity index (χ1n) is 4.14. The van der Waals surface area contributed by atoms with Crippen LogP contribution in [-0.4, -0.2) is 10.8 Å². The van der Waals surface area contributed by atoms with Crippen molar-refractivity contribution >= 4 is 0 Å². The summed E-state index contributed by atoms with van der Waals surface area (Å²) in [5, 5.41) is 12.5. The Bertz CT molecular complexity index is 216. The molecule has 1 rings (SSSR count). The van der Waals surface area contributed by atoms with E-state index in [2.05, 4.69) is 5.32 Å². The lowest BCUT2D eigenvalue weighted by molar-refractivity contribution is 0.0167. The summed E-state index contributed by atoms with van der Waals surface area (Å²) < 4.78 is 5.10. The van der Waals surface area contributed by atoms with Crippen LogP contribution in [0.15, 0.2) is 22.8 Å². The molecule has 1 heterocycles. The summed E-state index contributed by atoms with van der Waals surface area (Å²) in [6, 6.07) is 3.70. The Morgan fingerprint density at radius 3 is 2.92 bits per heavy atom. The van der Waals surface area contributed by atoms with Crippen LogP contribution in [0, 0.1) is 0 Å². The lowest BCUT2D eigenvalue weighted by Crippen LogP contribution is -2.40. The van der Waals surface area contributed by atoms with Crippen molar-refractivity contribution in [3.63, 3.8) is 0 Å². The van der Waals surface area contributed by atoms with E-state index < -0.39 is 5.72 Å². The van der Waals surface area contributed by atoms with Gasteiger partial charge in [0, 0.05) is 0 Å². The number of rotatable bonds is 4. The summed E-state index contributed by atoms with van der Waals surface area (Å²) in [6.45, 7) is 4.24. The third kappa shape index (κ3) is 2.68. The number of hydrogen-bond acceptors (Lipinski definition) is 3. The van der Waals surface area contributed by atoms with Crippen molar-refractivity contribution in [2.24, 2.45) is 0 Å². The summed E-state index contributed by atoms with van der Waals surface area (Å²) in [6.07, 6.45) is 2.30. The first-order chi connectivity index (χ1) is 5.64. The van der Waals surface area contributed by atoms with Crippen LogP contribution in [0.1, 0.15) is 26.0 Å². The van der Waals surface area contributed by atoms with Crippen LogP contribution in [0.4, 0.5) is 0 Å². The summed E-state index contributed by atoms with van der Waals surface area (Å²) in [4.78, 5) is 0. The summed E-state index contributed by atoms with van der Waals surface area (Å²) in [7, 11) is 0. The van der Waals surface area contributed by atoms with E-state index in [4.69, 9.17) is 4.42 Å². The van der Waals surface area contributed by atoms with Gasteiger partial charge >= 0.3 is 0 Å². The van der Waals surface area contributed by atoms with Gasteiger partial charge in [0.2, 0.25) is 0 Å². The Kier molecular flexibility index (Phi) is 2.89. The van der Waals surface area contributed by atoms with Gasteiger partial charge in [-0.15, -0.1) is 0 Å². The van der Waals surface area contributed by atoms with Crippen molar-refractivity contribution in [1.29, 1.82) is 0 Å². The Morgan fingerprint density at radius 2 is 2.42 bits per heavy atom. The summed E-state index contributed by atoms with van der Waals surface area (Å²) >= 11 is 0. The lowest BCUT2D eigenvalue weighted by atomic mass is 10.2. The van der Waals surface area contributed by atoms with Gasteiger partial charge in [0.15, 0.2) is 0 Å². The van der Waals surface area contributed by atoms with Gasteiger partial charge in [0.1, 0.15) is 11.5 Å². The van der Waals surface area contributed by atoms with Gasteiger partial charge in [-0.25, -0.2) is 0 Å². The zero-order valence-corrected chi connectivity index (χ0v) is 7.50. The van der Waals surface area contributed by atoms with E-state index >= 15 is 0 Å². The van der Waals surface area contributed by atoms with Crippen LogP contribution in [0.5, 0.6) is 0 Å². The van der Waals surface area contributed by atoms with Gasteiger partial charge in [-0.1, -0.05) is 6.92 Å². The number of furan rings is 1. The molecule has 68 valence electrons. The molecule has 0 radical (unpaired) electrons. The zero-order chi connectivity index (χ0) is 9.03. The molecule has 0 saturated carbocycles. The highest BCUT2D eigenvalue weighted by atomic mass is 16.3. The highest BCUT2D eigenvalue weighted by Crippen LogP contribution is 2.06. The molecule has 3 nitrogen and oxygen atoms in total. The van der Waals surface area contributed by atoms with Crippen molar-refractivity contribution in [3.05, 3.63) is 24.2 Å². The maximum absolute atomic E-state index is 9.57. The van der Waals surface area contributed by atoms with E-state index in [1.54, 1.807) is 13.2 Å². The molecule has 12 heavy (non-hydrogen) atoms. The van der Waals surface area contributed by atoms with E-state index in [0.717, 1.165) is 5.76 Å². The molecule has 0 spiro atoms. The molecule has 3 heteroatoms. The molecule has 0 aliphatic carbocycles. The molecule has 0 saturated heterocycles. The SMILES string of the molecule is CCC(C)(O)NCc1ccco1. The van der Waals surface area contributed by atoms with Crippen LogP contribution < -0.4 is 5.32 Å². The Morgan fingerprint density at radius 1 is 1.67 bits per heavy atom. The fraction of sp³-hybridized carbons (Fsp3) is 0.556. The van der Waals surface area contributed by atoms with E-state index in [9.17, 15) is 5.11 Å². The Labute approximate surface area is 72.4 Å². The van der Waals surface area contributed by atoms with Gasteiger partial charge < -0.3 is 9.52 Å². The maximum Gasteiger partial charge on any atom is 0.117 e. The molecular formula is C9H15NO2. The fourth-order valence-corrected chi connectivity index (χ4v) is 0.816. The molecule has 1 unspecified atom stereocenters. The van der Waals surface area contributed by atoms with E-state index in [1.807, 2.05) is 19.1 Å². The predicted molar refractivity (Wildman–Crippen MR) is 46.5 cm³/mol. The second kappa shape index (κ2) is 3.74. The van der Waals surface area contributed by atoms with E-state index in [-0.39, 0.29) is 0 Å². The van der Waals surface area contributed by atoms with Crippen molar-refractivity contribution in [2.75, 3.05) is 0 Å². The Hall–Kier alpha value is -0.800. The molecule has 0 aromatic carbocycles. The first-order valence-corrected chi connectivity index (χ1v) is 4.14. The second-order valence-electron chi connectivity index (χ2n) is 3.06. The smallest absolute Gasteiger partial charge is 0.117 e. The van der Waals surface area contributed by atoms with Gasteiger partial charge in [0.25, 0.3) is 0 Å². The minimum Gasteiger partial charge on any atom is -0.468 e. The number of nitrogens with one attached hydrogen (secondary N) is 1. The lowest BCUT2D eigenvalue weighted by Gasteiger charge is -2.22. The van der Waals surface area contributed by atoms with Crippen LogP contribution in [0.3, 0.4) is 0 Å². The van der Waals surface area contributed by atoms with Gasteiger partial charge in [-0.3, -0.25) is 5.32 Å². The molecule has 1 aromatic rings. The second-order valence-corrected chi connectivity index (χ2v) is 3.06. The monoisotopic (exact) mass is 169 g/mol. The van der Waals surface area contributed by atoms with Gasteiger partial charge in [0.05, 0.1) is 12.8 Å². The number of hydrogen-bond donors (Lipinski definition) is 2. The van der Waals surface area contributed by atoms with Crippen molar-refractivity contribution in [1.82, 2.24) is 5.32 Å². The van der Waals surface area contributed by atoms with Crippen LogP contribution >= 0.6 is 0 Å². The predicted octanol–water partition coefficient (Wildman–Crippen LogP) is 1.49. The fourth-order valence-electron chi connectivity index (χ4n) is 0.816. The van der Waals surface area contributed by atoms with Gasteiger partial charge in [-0.2, -0.15) is 0 Å².